The number of furan rings is 1. The van der Waals surface area contributed by atoms with Crippen LogP contribution < -0.4 is 0 Å². The summed E-state index contributed by atoms with van der Waals surface area (Å²) in [6, 6.07) is 7.78. The van der Waals surface area contributed by atoms with E-state index in [1.165, 1.54) is 10.4 Å². The maximum absolute atomic E-state index is 12.8. The molecule has 0 N–H and O–H groups in total. The van der Waals surface area contributed by atoms with Gasteiger partial charge >= 0.3 is 0 Å². The van der Waals surface area contributed by atoms with Crippen molar-refractivity contribution in [1.29, 1.82) is 5.26 Å². The van der Waals surface area contributed by atoms with Crippen LogP contribution in [-0.4, -0.2) is 17.4 Å². The lowest BCUT2D eigenvalue weighted by atomic mass is 10.1. The number of aryl methyl sites for hydroxylation is 2. The summed E-state index contributed by atoms with van der Waals surface area (Å²) in [6.45, 7) is 5.08. The third-order valence-electron chi connectivity index (χ3n) is 3.67. The van der Waals surface area contributed by atoms with Crippen LogP contribution >= 0.6 is 11.3 Å². The summed E-state index contributed by atoms with van der Waals surface area (Å²) in [5.41, 5.74) is 1.26. The Hall–Kier alpha value is -2.06. The normalized spacial score (nSPS) is 10.5. The number of rotatable bonds is 8. The maximum Gasteiger partial charge on any atom is 0.264 e. The van der Waals surface area contributed by atoms with Gasteiger partial charge in [-0.05, 0) is 36.6 Å². The largest absolute Gasteiger partial charge is 0.467 e. The molecule has 0 radical (unpaired) electrons. The molecule has 2 rings (SSSR count). The highest BCUT2D eigenvalue weighted by Gasteiger charge is 2.20. The number of carbonyl (C=O) groups is 1. The number of hydrogen-bond acceptors (Lipinski definition) is 4. The quantitative estimate of drug-likeness (QED) is 0.720. The van der Waals surface area contributed by atoms with Crippen molar-refractivity contribution in [3.8, 4) is 6.07 Å². The second-order valence-electron chi connectivity index (χ2n) is 5.38. The molecule has 0 aromatic carbocycles. The first-order valence-electron chi connectivity index (χ1n) is 7.99. The molecule has 0 spiro atoms. The summed E-state index contributed by atoms with van der Waals surface area (Å²) in [5.74, 6) is 0.719. The zero-order valence-electron chi connectivity index (χ0n) is 13.7. The Bertz CT molecular complexity index is 668. The van der Waals surface area contributed by atoms with E-state index in [2.05, 4.69) is 19.9 Å². The van der Waals surface area contributed by atoms with Gasteiger partial charge in [0.05, 0.1) is 30.2 Å². The van der Waals surface area contributed by atoms with Crippen LogP contribution in [0.15, 0.2) is 28.9 Å². The van der Waals surface area contributed by atoms with Gasteiger partial charge in [-0.15, -0.1) is 11.3 Å². The molecule has 0 bridgehead atoms. The molecule has 0 aliphatic carbocycles. The Balaban J connectivity index is 2.20. The molecule has 1 amide bonds. The van der Waals surface area contributed by atoms with E-state index in [1.807, 2.05) is 18.2 Å². The van der Waals surface area contributed by atoms with E-state index >= 15 is 0 Å². The van der Waals surface area contributed by atoms with Crippen molar-refractivity contribution in [2.45, 2.75) is 46.1 Å². The van der Waals surface area contributed by atoms with Crippen molar-refractivity contribution in [2.24, 2.45) is 0 Å². The van der Waals surface area contributed by atoms with Gasteiger partial charge in [0.2, 0.25) is 0 Å². The second kappa shape index (κ2) is 8.54. The van der Waals surface area contributed by atoms with Crippen molar-refractivity contribution in [3.63, 3.8) is 0 Å². The van der Waals surface area contributed by atoms with Crippen molar-refractivity contribution >= 4 is 17.2 Å². The van der Waals surface area contributed by atoms with E-state index in [1.54, 1.807) is 22.5 Å². The van der Waals surface area contributed by atoms with E-state index in [9.17, 15) is 4.79 Å². The van der Waals surface area contributed by atoms with Crippen LogP contribution in [0.2, 0.25) is 0 Å². The van der Waals surface area contributed by atoms with Gasteiger partial charge in [0.1, 0.15) is 5.76 Å². The predicted molar refractivity (Wildman–Crippen MR) is 91.4 cm³/mol. The number of nitriles is 1. The average Bonchev–Trinajstić information content (AvgIpc) is 3.20. The van der Waals surface area contributed by atoms with Gasteiger partial charge in [-0.3, -0.25) is 4.79 Å². The fourth-order valence-corrected chi connectivity index (χ4v) is 3.82. The van der Waals surface area contributed by atoms with Gasteiger partial charge in [0, 0.05) is 11.4 Å². The van der Waals surface area contributed by atoms with Gasteiger partial charge in [0.25, 0.3) is 5.91 Å². The Morgan fingerprint density at radius 3 is 2.87 bits per heavy atom. The summed E-state index contributed by atoms with van der Waals surface area (Å²) in [4.78, 5) is 16.6. The van der Waals surface area contributed by atoms with Crippen LogP contribution in [0.1, 0.15) is 52.6 Å². The smallest absolute Gasteiger partial charge is 0.264 e. The van der Waals surface area contributed by atoms with E-state index in [0.717, 1.165) is 29.9 Å². The first kappa shape index (κ1) is 17.3. The van der Waals surface area contributed by atoms with Gasteiger partial charge in [-0.2, -0.15) is 5.26 Å². The number of amides is 1. The second-order valence-corrected chi connectivity index (χ2v) is 6.51. The lowest BCUT2D eigenvalue weighted by Crippen LogP contribution is -2.30. The molecule has 4 nitrogen and oxygen atoms in total. The Morgan fingerprint density at radius 2 is 2.26 bits per heavy atom. The van der Waals surface area contributed by atoms with Crippen molar-refractivity contribution in [1.82, 2.24) is 4.90 Å². The summed E-state index contributed by atoms with van der Waals surface area (Å²) in [6.07, 6.45) is 4.95. The molecule has 0 aliphatic heterocycles. The number of thiophene rings is 1. The van der Waals surface area contributed by atoms with Gasteiger partial charge < -0.3 is 9.32 Å². The highest BCUT2D eigenvalue weighted by Crippen LogP contribution is 2.26. The number of carbonyl (C=O) groups excluding carboxylic acids is 1. The minimum absolute atomic E-state index is 0.0151. The van der Waals surface area contributed by atoms with E-state index in [4.69, 9.17) is 9.68 Å². The topological polar surface area (TPSA) is 57.2 Å². The van der Waals surface area contributed by atoms with E-state index < -0.39 is 0 Å². The van der Waals surface area contributed by atoms with Crippen molar-refractivity contribution in [3.05, 3.63) is 45.5 Å². The molecule has 2 aromatic rings. The maximum atomic E-state index is 12.8. The van der Waals surface area contributed by atoms with Gasteiger partial charge in [-0.25, -0.2) is 0 Å². The van der Waals surface area contributed by atoms with Crippen LogP contribution in [0.5, 0.6) is 0 Å². The SMILES string of the molecule is CCCc1sc(C(=O)N(CCC#N)Cc2ccco2)cc1CC. The molecule has 0 saturated heterocycles. The van der Waals surface area contributed by atoms with Crippen LogP contribution in [0.4, 0.5) is 0 Å². The van der Waals surface area contributed by atoms with E-state index in [-0.39, 0.29) is 5.91 Å². The minimum atomic E-state index is -0.0151. The van der Waals surface area contributed by atoms with Crippen LogP contribution in [0.3, 0.4) is 0 Å². The average molecular weight is 330 g/mol. The molecule has 0 saturated carbocycles. The molecule has 0 atom stereocenters. The van der Waals surface area contributed by atoms with Crippen molar-refractivity contribution in [2.75, 3.05) is 6.54 Å². The highest BCUT2D eigenvalue weighted by molar-refractivity contribution is 7.14. The first-order chi connectivity index (χ1) is 11.2. The summed E-state index contributed by atoms with van der Waals surface area (Å²) < 4.78 is 5.35. The minimum Gasteiger partial charge on any atom is -0.467 e. The zero-order valence-corrected chi connectivity index (χ0v) is 14.5. The third-order valence-corrected chi connectivity index (χ3v) is 4.90. The Kier molecular flexibility index (Phi) is 6.42. The van der Waals surface area contributed by atoms with Gasteiger partial charge in [0.15, 0.2) is 0 Å². The van der Waals surface area contributed by atoms with Crippen LogP contribution in [0, 0.1) is 11.3 Å². The lowest BCUT2D eigenvalue weighted by molar-refractivity contribution is 0.0740. The predicted octanol–water partition coefficient (Wildman–Crippen LogP) is 4.41. The van der Waals surface area contributed by atoms with Crippen molar-refractivity contribution < 1.29 is 9.21 Å². The van der Waals surface area contributed by atoms with Gasteiger partial charge in [-0.1, -0.05) is 20.3 Å². The molecular formula is C18H22N2O2S. The van der Waals surface area contributed by atoms with Crippen LogP contribution in [-0.2, 0) is 19.4 Å². The Morgan fingerprint density at radius 1 is 1.43 bits per heavy atom. The van der Waals surface area contributed by atoms with Crippen LogP contribution in [0.25, 0.3) is 0 Å². The highest BCUT2D eigenvalue weighted by atomic mass is 32.1. The molecular weight excluding hydrogens is 308 g/mol. The summed E-state index contributed by atoms with van der Waals surface area (Å²) >= 11 is 1.59. The molecule has 5 heteroatoms. The molecule has 0 fully saturated rings. The molecule has 2 aromatic heterocycles. The number of hydrogen-bond donors (Lipinski definition) is 0. The first-order valence-corrected chi connectivity index (χ1v) is 8.81. The number of nitrogens with zero attached hydrogens (tertiary/aromatic N) is 2. The standard InChI is InChI=1S/C18H22N2O2S/c1-3-7-16-14(4-2)12-17(23-16)18(21)20(10-6-9-19)13-15-8-5-11-22-15/h5,8,11-12H,3-4,6-7,10,13H2,1-2H3. The molecule has 0 aliphatic rings. The zero-order chi connectivity index (χ0) is 16.7. The summed E-state index contributed by atoms with van der Waals surface area (Å²) in [7, 11) is 0. The monoisotopic (exact) mass is 330 g/mol. The Labute approximate surface area is 141 Å². The molecule has 0 unspecified atom stereocenters. The van der Waals surface area contributed by atoms with E-state index in [0.29, 0.717) is 19.5 Å². The molecule has 2 heterocycles. The third kappa shape index (κ3) is 4.46. The molecule has 122 valence electrons. The fourth-order valence-electron chi connectivity index (χ4n) is 2.49. The molecule has 23 heavy (non-hydrogen) atoms. The fraction of sp³-hybridized carbons (Fsp3) is 0.444. The lowest BCUT2D eigenvalue weighted by Gasteiger charge is -2.19. The summed E-state index contributed by atoms with van der Waals surface area (Å²) in [5, 5.41) is 8.84.